The molecule has 0 saturated heterocycles. The van der Waals surface area contributed by atoms with Gasteiger partial charge in [0.15, 0.2) is 0 Å². The van der Waals surface area contributed by atoms with E-state index in [1.54, 1.807) is 12.1 Å². The minimum Gasteiger partial charge on any atom is -0.346 e. The third-order valence-electron chi connectivity index (χ3n) is 3.96. The summed E-state index contributed by atoms with van der Waals surface area (Å²) in [7, 11) is 1.32. The Morgan fingerprint density at radius 1 is 1.04 bits per heavy atom. The van der Waals surface area contributed by atoms with Crippen LogP contribution in [-0.4, -0.2) is 20.3 Å². The van der Waals surface area contributed by atoms with E-state index in [0.717, 1.165) is 20.4 Å². The average molecular weight is 350 g/mol. The Labute approximate surface area is 149 Å². The van der Waals surface area contributed by atoms with Gasteiger partial charge in [0.05, 0.1) is 5.69 Å². The summed E-state index contributed by atoms with van der Waals surface area (Å²) in [6.07, 6.45) is 0. The van der Waals surface area contributed by atoms with Crippen LogP contribution in [0.25, 0.3) is 5.69 Å². The fraction of sp³-hybridized carbons (Fsp3) is 0.158. The smallest absolute Gasteiger partial charge is 0.346 e. The first kappa shape index (κ1) is 17.3. The lowest BCUT2D eigenvalue weighted by Gasteiger charge is -2.10. The summed E-state index contributed by atoms with van der Waals surface area (Å²) in [6.45, 7) is 2.18. The van der Waals surface area contributed by atoms with Gasteiger partial charge in [0, 0.05) is 13.6 Å². The van der Waals surface area contributed by atoms with Gasteiger partial charge in [0.2, 0.25) is 5.69 Å². The Balaban J connectivity index is 1.96. The zero-order valence-electron chi connectivity index (χ0n) is 14.5. The number of hydrogen-bond donors (Lipinski definition) is 1. The molecule has 3 rings (SSSR count). The molecule has 1 N–H and O–H groups in total. The Morgan fingerprint density at radius 3 is 2.35 bits per heavy atom. The van der Waals surface area contributed by atoms with Gasteiger partial charge in [-0.2, -0.15) is 9.78 Å². The topological polar surface area (TPSA) is 86.0 Å². The average Bonchev–Trinajstić information content (AvgIpc) is 2.66. The zero-order chi connectivity index (χ0) is 18.7. The van der Waals surface area contributed by atoms with E-state index in [-0.39, 0.29) is 12.2 Å². The van der Waals surface area contributed by atoms with Crippen molar-refractivity contribution in [2.75, 3.05) is 0 Å². The van der Waals surface area contributed by atoms with Crippen molar-refractivity contribution in [1.82, 2.24) is 19.7 Å². The maximum atomic E-state index is 12.4. The molecule has 0 saturated carbocycles. The lowest BCUT2D eigenvalue weighted by molar-refractivity contribution is 0.0941. The minimum atomic E-state index is -0.732. The Morgan fingerprint density at radius 2 is 1.69 bits per heavy atom. The molecule has 1 amide bonds. The number of aromatic nitrogens is 3. The molecule has 7 heteroatoms. The second-order valence-electron chi connectivity index (χ2n) is 5.91. The monoisotopic (exact) mass is 350 g/mol. The Bertz CT molecular complexity index is 1050. The van der Waals surface area contributed by atoms with Gasteiger partial charge in [0.25, 0.3) is 11.5 Å². The molecule has 0 atom stereocenters. The van der Waals surface area contributed by atoms with Gasteiger partial charge in [-0.3, -0.25) is 14.2 Å². The minimum absolute atomic E-state index is 0.258. The second kappa shape index (κ2) is 7.18. The van der Waals surface area contributed by atoms with Crippen molar-refractivity contribution in [2.45, 2.75) is 13.5 Å². The molecule has 1 heterocycles. The molecular formula is C19H18N4O3. The van der Waals surface area contributed by atoms with E-state index < -0.39 is 17.2 Å². The Kier molecular flexibility index (Phi) is 4.79. The molecule has 0 aliphatic heterocycles. The fourth-order valence-electron chi connectivity index (χ4n) is 2.43. The van der Waals surface area contributed by atoms with Gasteiger partial charge in [-0.25, -0.2) is 4.79 Å². The third kappa shape index (κ3) is 3.46. The zero-order valence-corrected chi connectivity index (χ0v) is 14.5. The van der Waals surface area contributed by atoms with Crippen molar-refractivity contribution < 1.29 is 4.79 Å². The number of benzene rings is 2. The summed E-state index contributed by atoms with van der Waals surface area (Å²) < 4.78 is 1.93. The predicted octanol–water partition coefficient (Wildman–Crippen LogP) is 1.17. The van der Waals surface area contributed by atoms with Crippen LogP contribution in [-0.2, 0) is 13.6 Å². The molecule has 0 aliphatic rings. The van der Waals surface area contributed by atoms with Crippen molar-refractivity contribution in [1.29, 1.82) is 0 Å². The van der Waals surface area contributed by atoms with E-state index in [1.807, 2.05) is 49.4 Å². The summed E-state index contributed by atoms with van der Waals surface area (Å²) in [6, 6.07) is 16.4. The van der Waals surface area contributed by atoms with Gasteiger partial charge in [-0.05, 0) is 24.6 Å². The van der Waals surface area contributed by atoms with Crippen molar-refractivity contribution in [2.24, 2.45) is 7.05 Å². The van der Waals surface area contributed by atoms with E-state index in [1.165, 1.54) is 7.05 Å². The van der Waals surface area contributed by atoms with Crippen LogP contribution in [0.3, 0.4) is 0 Å². The summed E-state index contributed by atoms with van der Waals surface area (Å²) in [5.41, 5.74) is 0.719. The van der Waals surface area contributed by atoms with Gasteiger partial charge >= 0.3 is 5.69 Å². The van der Waals surface area contributed by atoms with E-state index in [2.05, 4.69) is 10.4 Å². The first-order valence-corrected chi connectivity index (χ1v) is 8.07. The first-order chi connectivity index (χ1) is 12.5. The summed E-state index contributed by atoms with van der Waals surface area (Å²) in [5.74, 6) is -0.629. The highest BCUT2D eigenvalue weighted by Crippen LogP contribution is 2.05. The highest BCUT2D eigenvalue weighted by Gasteiger charge is 2.18. The molecule has 3 aromatic rings. The first-order valence-electron chi connectivity index (χ1n) is 8.07. The van der Waals surface area contributed by atoms with E-state index >= 15 is 0 Å². The van der Waals surface area contributed by atoms with Gasteiger partial charge < -0.3 is 5.32 Å². The van der Waals surface area contributed by atoms with Gasteiger partial charge in [-0.15, -0.1) is 0 Å². The number of nitrogens with zero attached hydrogens (tertiary/aromatic N) is 3. The summed E-state index contributed by atoms with van der Waals surface area (Å²) >= 11 is 0. The second-order valence-corrected chi connectivity index (χ2v) is 5.91. The van der Waals surface area contributed by atoms with Crippen LogP contribution < -0.4 is 16.6 Å². The standard InChI is InChI=1S/C19H18N4O3/c1-13-8-10-15(11-9-13)23-19(26)22(2)18(25)16(21-23)17(24)20-12-14-6-4-3-5-7-14/h3-11H,12H2,1-2H3,(H,20,24). The lowest BCUT2D eigenvalue weighted by atomic mass is 10.2. The molecule has 132 valence electrons. The largest absolute Gasteiger partial charge is 0.351 e. The highest BCUT2D eigenvalue weighted by molar-refractivity contribution is 5.91. The van der Waals surface area contributed by atoms with Crippen LogP contribution in [0.4, 0.5) is 0 Å². The number of aryl methyl sites for hydroxylation is 1. The summed E-state index contributed by atoms with van der Waals surface area (Å²) in [5, 5.41) is 6.66. The van der Waals surface area contributed by atoms with Crippen molar-refractivity contribution >= 4 is 5.91 Å². The molecule has 0 aliphatic carbocycles. The molecule has 26 heavy (non-hydrogen) atoms. The predicted molar refractivity (Wildman–Crippen MR) is 97.4 cm³/mol. The van der Waals surface area contributed by atoms with E-state index in [9.17, 15) is 14.4 Å². The number of carbonyl (C=O) groups is 1. The normalized spacial score (nSPS) is 10.5. The number of carbonyl (C=O) groups excluding carboxylic acids is 1. The van der Waals surface area contributed by atoms with Crippen LogP contribution in [0.5, 0.6) is 0 Å². The molecule has 0 unspecified atom stereocenters. The number of rotatable bonds is 4. The highest BCUT2D eigenvalue weighted by atomic mass is 16.2. The van der Waals surface area contributed by atoms with Crippen molar-refractivity contribution in [3.8, 4) is 5.69 Å². The summed E-state index contributed by atoms with van der Waals surface area (Å²) in [4.78, 5) is 37.1. The molecule has 0 bridgehead atoms. The van der Waals surface area contributed by atoms with E-state index in [0.29, 0.717) is 5.69 Å². The Hall–Kier alpha value is -3.48. The van der Waals surface area contributed by atoms with Gasteiger partial charge in [0.1, 0.15) is 0 Å². The molecule has 0 spiro atoms. The van der Waals surface area contributed by atoms with Crippen LogP contribution >= 0.6 is 0 Å². The van der Waals surface area contributed by atoms with Crippen LogP contribution in [0, 0.1) is 6.92 Å². The number of nitrogens with one attached hydrogen (secondary N) is 1. The van der Waals surface area contributed by atoms with Crippen LogP contribution in [0.1, 0.15) is 21.6 Å². The molecule has 7 nitrogen and oxygen atoms in total. The van der Waals surface area contributed by atoms with Crippen molar-refractivity contribution in [3.63, 3.8) is 0 Å². The molecular weight excluding hydrogens is 332 g/mol. The SMILES string of the molecule is Cc1ccc(-n2nc(C(=O)NCc3ccccc3)c(=O)n(C)c2=O)cc1. The van der Waals surface area contributed by atoms with Crippen LogP contribution in [0.15, 0.2) is 64.2 Å². The third-order valence-corrected chi connectivity index (χ3v) is 3.96. The maximum absolute atomic E-state index is 12.4. The molecule has 1 aromatic heterocycles. The van der Waals surface area contributed by atoms with Crippen molar-refractivity contribution in [3.05, 3.63) is 92.3 Å². The maximum Gasteiger partial charge on any atom is 0.351 e. The lowest BCUT2D eigenvalue weighted by Crippen LogP contribution is -2.44. The quantitative estimate of drug-likeness (QED) is 0.765. The number of amides is 1. The fourth-order valence-corrected chi connectivity index (χ4v) is 2.43. The number of hydrogen-bond acceptors (Lipinski definition) is 4. The van der Waals surface area contributed by atoms with Crippen LogP contribution in [0.2, 0.25) is 0 Å². The van der Waals surface area contributed by atoms with Gasteiger partial charge in [-0.1, -0.05) is 48.0 Å². The van der Waals surface area contributed by atoms with E-state index in [4.69, 9.17) is 0 Å². The molecule has 0 fully saturated rings. The molecule has 2 aromatic carbocycles. The molecule has 0 radical (unpaired) electrons.